The number of hydrogen-bond acceptors (Lipinski definition) is 4. The highest BCUT2D eigenvalue weighted by Gasteiger charge is 2.21. The van der Waals surface area contributed by atoms with E-state index < -0.39 is 0 Å². The van der Waals surface area contributed by atoms with E-state index in [-0.39, 0.29) is 12.3 Å². The van der Waals surface area contributed by atoms with Crippen molar-refractivity contribution in [3.63, 3.8) is 0 Å². The Morgan fingerprint density at radius 1 is 1.38 bits per heavy atom. The van der Waals surface area contributed by atoms with Crippen LogP contribution in [0.3, 0.4) is 0 Å². The quantitative estimate of drug-likeness (QED) is 0.629. The second kappa shape index (κ2) is 5.54. The molecule has 1 heterocycles. The van der Waals surface area contributed by atoms with Crippen molar-refractivity contribution >= 4 is 0 Å². The highest BCUT2D eigenvalue weighted by Crippen LogP contribution is 2.15. The Morgan fingerprint density at radius 2 is 2.00 bits per heavy atom. The number of aliphatic hydroxyl groups is 1. The van der Waals surface area contributed by atoms with Crippen LogP contribution in [0.5, 0.6) is 0 Å². The third-order valence-electron chi connectivity index (χ3n) is 2.50. The van der Waals surface area contributed by atoms with E-state index >= 15 is 0 Å². The zero-order valence-electron chi connectivity index (χ0n) is 8.28. The summed E-state index contributed by atoms with van der Waals surface area (Å²) in [5.74, 6) is 5.20. The predicted octanol–water partition coefficient (Wildman–Crippen LogP) is 0.460. The van der Waals surface area contributed by atoms with Gasteiger partial charge >= 0.3 is 0 Å². The highest BCUT2D eigenvalue weighted by atomic mass is 16.6. The number of likely N-dealkylation sites (tertiary alicyclic amines) is 1. The first kappa shape index (κ1) is 10.9. The summed E-state index contributed by atoms with van der Waals surface area (Å²) in [6.45, 7) is 3.83. The molecule has 13 heavy (non-hydrogen) atoms. The van der Waals surface area contributed by atoms with Gasteiger partial charge in [-0.15, -0.1) is 0 Å². The zero-order valence-corrected chi connectivity index (χ0v) is 8.28. The number of rotatable bonds is 4. The van der Waals surface area contributed by atoms with Gasteiger partial charge < -0.3 is 5.11 Å². The third-order valence-corrected chi connectivity index (χ3v) is 2.50. The second-order valence-corrected chi connectivity index (χ2v) is 3.77. The van der Waals surface area contributed by atoms with Gasteiger partial charge in [0, 0.05) is 19.5 Å². The van der Waals surface area contributed by atoms with Crippen molar-refractivity contribution < 1.29 is 9.94 Å². The SMILES string of the molecule is CC(O)CC(ON)N1CCCCC1. The molecule has 1 aliphatic rings. The van der Waals surface area contributed by atoms with Crippen LogP contribution in [0.25, 0.3) is 0 Å². The Balaban J connectivity index is 2.34. The molecule has 2 unspecified atom stereocenters. The summed E-state index contributed by atoms with van der Waals surface area (Å²) in [5.41, 5.74) is 0. The summed E-state index contributed by atoms with van der Waals surface area (Å²) in [6.07, 6.45) is 3.84. The number of nitrogens with two attached hydrogens (primary N) is 1. The fourth-order valence-corrected chi connectivity index (χ4v) is 1.79. The molecule has 1 saturated heterocycles. The van der Waals surface area contributed by atoms with Gasteiger partial charge in [0.05, 0.1) is 6.10 Å². The molecule has 0 saturated carbocycles. The molecule has 0 aromatic carbocycles. The van der Waals surface area contributed by atoms with Crippen molar-refractivity contribution in [1.82, 2.24) is 4.90 Å². The average molecular weight is 188 g/mol. The number of hydrogen-bond donors (Lipinski definition) is 2. The standard InChI is InChI=1S/C9H20N2O2/c1-8(12)7-9(13-10)11-5-3-2-4-6-11/h8-9,12H,2-7,10H2,1H3. The van der Waals surface area contributed by atoms with Gasteiger partial charge in [-0.25, -0.2) is 5.90 Å². The van der Waals surface area contributed by atoms with Gasteiger partial charge in [0.2, 0.25) is 0 Å². The van der Waals surface area contributed by atoms with E-state index in [4.69, 9.17) is 10.7 Å². The Morgan fingerprint density at radius 3 is 2.46 bits per heavy atom. The van der Waals surface area contributed by atoms with E-state index in [9.17, 15) is 5.11 Å². The molecular formula is C9H20N2O2. The monoisotopic (exact) mass is 188 g/mol. The van der Waals surface area contributed by atoms with Crippen molar-refractivity contribution in [3.05, 3.63) is 0 Å². The lowest BCUT2D eigenvalue weighted by Crippen LogP contribution is -2.43. The first-order chi connectivity index (χ1) is 6.24. The van der Waals surface area contributed by atoms with Crippen LogP contribution >= 0.6 is 0 Å². The molecule has 0 radical (unpaired) electrons. The first-order valence-electron chi connectivity index (χ1n) is 5.01. The molecule has 0 aliphatic carbocycles. The number of piperidine rings is 1. The van der Waals surface area contributed by atoms with E-state index in [1.807, 2.05) is 0 Å². The summed E-state index contributed by atoms with van der Waals surface area (Å²) in [4.78, 5) is 7.07. The zero-order chi connectivity index (χ0) is 9.68. The van der Waals surface area contributed by atoms with Crippen molar-refractivity contribution in [1.29, 1.82) is 0 Å². The van der Waals surface area contributed by atoms with Gasteiger partial charge in [-0.3, -0.25) is 9.74 Å². The predicted molar refractivity (Wildman–Crippen MR) is 50.8 cm³/mol. The molecule has 0 bridgehead atoms. The molecular weight excluding hydrogens is 168 g/mol. The Labute approximate surface area is 79.6 Å². The molecule has 4 heteroatoms. The third kappa shape index (κ3) is 3.60. The Hall–Kier alpha value is -0.160. The molecule has 0 aromatic heterocycles. The van der Waals surface area contributed by atoms with Crippen molar-refractivity contribution in [2.24, 2.45) is 5.90 Å². The molecule has 1 aliphatic heterocycles. The molecule has 2 atom stereocenters. The Bertz CT molecular complexity index is 136. The van der Waals surface area contributed by atoms with Crippen LogP contribution in [-0.4, -0.2) is 35.4 Å². The molecule has 4 nitrogen and oxygen atoms in total. The lowest BCUT2D eigenvalue weighted by atomic mass is 10.1. The molecule has 1 fully saturated rings. The van der Waals surface area contributed by atoms with Crippen molar-refractivity contribution in [2.75, 3.05) is 13.1 Å². The first-order valence-corrected chi connectivity index (χ1v) is 5.01. The van der Waals surface area contributed by atoms with E-state index in [0.29, 0.717) is 6.42 Å². The molecule has 0 amide bonds. The minimum Gasteiger partial charge on any atom is -0.393 e. The van der Waals surface area contributed by atoms with Gasteiger partial charge in [-0.1, -0.05) is 6.42 Å². The average Bonchev–Trinajstić information content (AvgIpc) is 2.15. The van der Waals surface area contributed by atoms with E-state index in [0.717, 1.165) is 13.1 Å². The Kier molecular flexibility index (Phi) is 4.66. The van der Waals surface area contributed by atoms with Gasteiger partial charge in [-0.2, -0.15) is 0 Å². The van der Waals surface area contributed by atoms with Crippen LogP contribution in [-0.2, 0) is 4.84 Å². The van der Waals surface area contributed by atoms with Gasteiger partial charge in [0.15, 0.2) is 0 Å². The fourth-order valence-electron chi connectivity index (χ4n) is 1.79. The minimum atomic E-state index is -0.351. The van der Waals surface area contributed by atoms with E-state index in [1.54, 1.807) is 6.92 Å². The maximum Gasteiger partial charge on any atom is 0.134 e. The topological polar surface area (TPSA) is 58.7 Å². The summed E-state index contributed by atoms with van der Waals surface area (Å²) in [6, 6.07) is 0. The van der Waals surface area contributed by atoms with Crippen molar-refractivity contribution in [2.45, 2.75) is 44.9 Å². The van der Waals surface area contributed by atoms with Crippen LogP contribution < -0.4 is 5.90 Å². The number of aliphatic hydroxyl groups excluding tert-OH is 1. The van der Waals surface area contributed by atoms with Gasteiger partial charge in [0.25, 0.3) is 0 Å². The summed E-state index contributed by atoms with van der Waals surface area (Å²) in [7, 11) is 0. The van der Waals surface area contributed by atoms with Gasteiger partial charge in [-0.05, 0) is 19.8 Å². The van der Waals surface area contributed by atoms with Gasteiger partial charge in [0.1, 0.15) is 6.23 Å². The molecule has 1 rings (SSSR count). The molecule has 78 valence electrons. The minimum absolute atomic E-state index is 0.111. The fraction of sp³-hybridized carbons (Fsp3) is 1.00. The maximum absolute atomic E-state index is 9.22. The maximum atomic E-state index is 9.22. The smallest absolute Gasteiger partial charge is 0.134 e. The van der Waals surface area contributed by atoms with Crippen LogP contribution in [0.1, 0.15) is 32.6 Å². The van der Waals surface area contributed by atoms with Crippen molar-refractivity contribution in [3.8, 4) is 0 Å². The van der Waals surface area contributed by atoms with Crippen LogP contribution in [0.15, 0.2) is 0 Å². The normalized spacial score (nSPS) is 24.2. The molecule has 0 aromatic rings. The lowest BCUT2D eigenvalue weighted by Gasteiger charge is -2.33. The van der Waals surface area contributed by atoms with E-state index in [1.165, 1.54) is 19.3 Å². The lowest BCUT2D eigenvalue weighted by molar-refractivity contribution is -0.0888. The van der Waals surface area contributed by atoms with Crippen LogP contribution in [0.2, 0.25) is 0 Å². The largest absolute Gasteiger partial charge is 0.393 e. The number of nitrogens with zero attached hydrogens (tertiary/aromatic N) is 1. The second-order valence-electron chi connectivity index (χ2n) is 3.77. The molecule has 0 spiro atoms. The van der Waals surface area contributed by atoms with Crippen LogP contribution in [0, 0.1) is 0 Å². The van der Waals surface area contributed by atoms with Crippen LogP contribution in [0.4, 0.5) is 0 Å². The highest BCUT2D eigenvalue weighted by molar-refractivity contribution is 4.69. The van der Waals surface area contributed by atoms with E-state index in [2.05, 4.69) is 4.90 Å². The summed E-state index contributed by atoms with van der Waals surface area (Å²) >= 11 is 0. The summed E-state index contributed by atoms with van der Waals surface area (Å²) < 4.78 is 0. The molecule has 3 N–H and O–H groups in total. The summed E-state index contributed by atoms with van der Waals surface area (Å²) in [5, 5.41) is 9.22.